The van der Waals surface area contributed by atoms with E-state index < -0.39 is 23.9 Å². The fourth-order valence-electron chi connectivity index (χ4n) is 3.71. The van der Waals surface area contributed by atoms with Crippen LogP contribution in [-0.2, 0) is 9.47 Å². The highest BCUT2D eigenvalue weighted by Crippen LogP contribution is 2.27. The summed E-state index contributed by atoms with van der Waals surface area (Å²) in [6.45, 7) is 7.03. The molecule has 9 heteroatoms. The number of hydrogen-bond donors (Lipinski definition) is 0. The molecule has 0 radical (unpaired) electrons. The van der Waals surface area contributed by atoms with Crippen molar-refractivity contribution in [2.75, 3.05) is 13.2 Å². The van der Waals surface area contributed by atoms with E-state index in [4.69, 9.17) is 23.7 Å². The van der Waals surface area contributed by atoms with Crippen LogP contribution in [0.5, 0.6) is 23.0 Å². The lowest BCUT2D eigenvalue weighted by atomic mass is 10.1. The Bertz CT molecular complexity index is 1510. The molecule has 0 atom stereocenters. The van der Waals surface area contributed by atoms with Crippen molar-refractivity contribution in [1.29, 1.82) is 0 Å². The average molecular weight is 579 g/mol. The van der Waals surface area contributed by atoms with Gasteiger partial charge in [0.25, 0.3) is 0 Å². The summed E-state index contributed by atoms with van der Waals surface area (Å²) < 4.78 is 26.8. The molecular formula is C34H26O9. The molecule has 0 aliphatic rings. The highest BCUT2D eigenvalue weighted by Gasteiger charge is 2.20. The van der Waals surface area contributed by atoms with Gasteiger partial charge in [-0.2, -0.15) is 0 Å². The minimum absolute atomic E-state index is 0.0147. The van der Waals surface area contributed by atoms with Gasteiger partial charge in [0.05, 0.1) is 22.3 Å². The van der Waals surface area contributed by atoms with E-state index >= 15 is 0 Å². The first-order valence-electron chi connectivity index (χ1n) is 13.0. The number of benzene rings is 4. The van der Waals surface area contributed by atoms with Crippen molar-refractivity contribution in [2.45, 2.75) is 0 Å². The second kappa shape index (κ2) is 14.6. The molecule has 9 nitrogen and oxygen atoms in total. The summed E-state index contributed by atoms with van der Waals surface area (Å²) in [6.07, 6.45) is 2.86. The lowest BCUT2D eigenvalue weighted by Gasteiger charge is -2.11. The number of rotatable bonds is 12. The topological polar surface area (TPSA) is 114 Å². The van der Waals surface area contributed by atoms with Gasteiger partial charge in [0.1, 0.15) is 36.2 Å². The molecule has 0 unspecified atom stereocenters. The van der Waals surface area contributed by atoms with Crippen LogP contribution in [0.15, 0.2) is 122 Å². The van der Waals surface area contributed by atoms with Crippen molar-refractivity contribution in [3.63, 3.8) is 0 Å². The van der Waals surface area contributed by atoms with Gasteiger partial charge in [0.2, 0.25) is 0 Å². The highest BCUT2D eigenvalue weighted by molar-refractivity contribution is 6.04. The van der Waals surface area contributed by atoms with Crippen molar-refractivity contribution in [1.82, 2.24) is 0 Å². The van der Waals surface area contributed by atoms with E-state index in [1.165, 1.54) is 36.4 Å². The third kappa shape index (κ3) is 8.05. The third-order valence-corrected chi connectivity index (χ3v) is 5.70. The van der Waals surface area contributed by atoms with Gasteiger partial charge in [-0.25, -0.2) is 19.2 Å². The average Bonchev–Trinajstić information content (AvgIpc) is 3.04. The van der Waals surface area contributed by atoms with E-state index in [1.54, 1.807) is 72.8 Å². The Morgan fingerprint density at radius 3 is 1.09 bits per heavy atom. The monoisotopic (exact) mass is 578 g/mol. The number of carbonyl (C=O) groups excluding carboxylic acids is 4. The van der Waals surface area contributed by atoms with Gasteiger partial charge in [-0.3, -0.25) is 0 Å². The maximum atomic E-state index is 12.7. The van der Waals surface area contributed by atoms with Crippen molar-refractivity contribution in [3.8, 4) is 23.0 Å². The Hall–Kier alpha value is -5.96. The smallest absolute Gasteiger partial charge is 0.344 e. The van der Waals surface area contributed by atoms with Gasteiger partial charge in [0.15, 0.2) is 0 Å². The molecule has 4 aromatic rings. The van der Waals surface area contributed by atoms with Gasteiger partial charge in [-0.1, -0.05) is 49.6 Å². The third-order valence-electron chi connectivity index (χ3n) is 5.70. The molecular weight excluding hydrogens is 552 g/mol. The number of hydrogen-bond acceptors (Lipinski definition) is 9. The van der Waals surface area contributed by atoms with Gasteiger partial charge < -0.3 is 23.7 Å². The van der Waals surface area contributed by atoms with Crippen LogP contribution in [0, 0.1) is 0 Å². The Morgan fingerprint density at radius 1 is 0.465 bits per heavy atom. The number of carbonyl (C=O) groups is 4. The van der Waals surface area contributed by atoms with Crippen LogP contribution in [0.1, 0.15) is 41.4 Å². The number of ether oxygens (including phenoxy) is 5. The van der Waals surface area contributed by atoms with Crippen LogP contribution in [0.25, 0.3) is 0 Å². The summed E-state index contributed by atoms with van der Waals surface area (Å²) >= 11 is 0. The van der Waals surface area contributed by atoms with Crippen molar-refractivity contribution >= 4 is 23.9 Å². The first-order valence-corrected chi connectivity index (χ1v) is 13.0. The largest absolute Gasteiger partial charge is 0.458 e. The summed E-state index contributed by atoms with van der Waals surface area (Å²) in [5.41, 5.74) is 0.292. The zero-order valence-corrected chi connectivity index (χ0v) is 22.9. The van der Waals surface area contributed by atoms with Gasteiger partial charge in [-0.15, -0.1) is 0 Å². The Balaban J connectivity index is 1.36. The van der Waals surface area contributed by atoms with E-state index in [1.807, 2.05) is 0 Å². The summed E-state index contributed by atoms with van der Waals surface area (Å²) in [4.78, 5) is 50.0. The molecule has 43 heavy (non-hydrogen) atoms. The lowest BCUT2D eigenvalue weighted by Crippen LogP contribution is -2.16. The van der Waals surface area contributed by atoms with Crippen LogP contribution in [-0.4, -0.2) is 37.1 Å². The fraction of sp³-hybridized carbons (Fsp3) is 0.0588. The maximum Gasteiger partial charge on any atom is 0.344 e. The van der Waals surface area contributed by atoms with Crippen molar-refractivity contribution < 1.29 is 42.9 Å². The predicted octanol–water partition coefficient (Wildman–Crippen LogP) is 6.60. The zero-order chi connectivity index (χ0) is 30.6. The summed E-state index contributed by atoms with van der Waals surface area (Å²) in [5, 5.41) is 0. The minimum atomic E-state index is -0.721. The SMILES string of the molecule is C=CCOC(=O)c1ccccc1C(=O)Oc1ccc(Oc2ccc(OC(=O)c3ccccc3C(=O)OCC=C)cc2)cc1. The molecule has 0 fully saturated rings. The van der Waals surface area contributed by atoms with E-state index in [-0.39, 0.29) is 47.0 Å². The van der Waals surface area contributed by atoms with Gasteiger partial charge >= 0.3 is 23.9 Å². The standard InChI is InChI=1S/C34H26O9/c1-3-21-39-31(35)27-9-5-7-11-29(27)33(37)42-25-17-13-23(14-18-25)41-24-15-19-26(20-16-24)43-34(38)30-12-8-6-10-28(30)32(36)40-22-4-2/h3-20H,1-2,21-22H2. The van der Waals surface area contributed by atoms with Crippen LogP contribution in [0.3, 0.4) is 0 Å². The highest BCUT2D eigenvalue weighted by atomic mass is 16.5. The predicted molar refractivity (Wildman–Crippen MR) is 157 cm³/mol. The molecule has 0 heterocycles. The molecule has 0 amide bonds. The van der Waals surface area contributed by atoms with E-state index in [0.29, 0.717) is 11.5 Å². The lowest BCUT2D eigenvalue weighted by molar-refractivity contribution is 0.0534. The van der Waals surface area contributed by atoms with Gasteiger partial charge in [-0.05, 0) is 72.8 Å². The molecule has 0 aliphatic heterocycles. The Kier molecular flexibility index (Phi) is 10.2. The first kappa shape index (κ1) is 30.0. The molecule has 4 rings (SSSR count). The number of esters is 4. The maximum absolute atomic E-state index is 12.7. The molecule has 0 saturated heterocycles. The molecule has 216 valence electrons. The summed E-state index contributed by atoms with van der Waals surface area (Å²) in [7, 11) is 0. The van der Waals surface area contributed by atoms with E-state index in [2.05, 4.69) is 13.2 Å². The second-order valence-corrected chi connectivity index (χ2v) is 8.69. The second-order valence-electron chi connectivity index (χ2n) is 8.69. The summed E-state index contributed by atoms with van der Waals surface area (Å²) in [6, 6.07) is 24.9. The molecule has 0 saturated carbocycles. The Morgan fingerprint density at radius 2 is 0.767 bits per heavy atom. The van der Waals surface area contributed by atoms with Crippen molar-refractivity contribution in [3.05, 3.63) is 145 Å². The van der Waals surface area contributed by atoms with Crippen LogP contribution >= 0.6 is 0 Å². The Labute approximate surface area is 247 Å². The normalized spacial score (nSPS) is 10.1. The quantitative estimate of drug-likeness (QED) is 0.104. The molecule has 0 N–H and O–H groups in total. The van der Waals surface area contributed by atoms with E-state index in [9.17, 15) is 19.2 Å². The fourth-order valence-corrected chi connectivity index (χ4v) is 3.71. The minimum Gasteiger partial charge on any atom is -0.458 e. The van der Waals surface area contributed by atoms with Crippen LogP contribution in [0.2, 0.25) is 0 Å². The molecule has 4 aromatic carbocycles. The molecule has 0 aromatic heterocycles. The zero-order valence-electron chi connectivity index (χ0n) is 22.9. The van der Waals surface area contributed by atoms with E-state index in [0.717, 1.165) is 0 Å². The van der Waals surface area contributed by atoms with Crippen LogP contribution < -0.4 is 14.2 Å². The van der Waals surface area contributed by atoms with Crippen LogP contribution in [0.4, 0.5) is 0 Å². The van der Waals surface area contributed by atoms with Gasteiger partial charge in [0, 0.05) is 0 Å². The van der Waals surface area contributed by atoms with Crippen molar-refractivity contribution in [2.24, 2.45) is 0 Å². The summed E-state index contributed by atoms with van der Waals surface area (Å²) in [5.74, 6) is -1.39. The first-order chi connectivity index (χ1) is 20.9. The molecule has 0 bridgehead atoms. The molecule has 0 spiro atoms. The molecule has 0 aliphatic carbocycles.